The van der Waals surface area contributed by atoms with Gasteiger partial charge in [-0.1, -0.05) is 97.7 Å². The molecule has 552 valence electrons. The standard InChI is InChI=1S/C16H26O5.C13H18O2.C12H22O4.C10H14O6.C9H12O3.C6H10O3.C6H12O2/c1-5-14(18)20-10-11-7-8-13(12(17)9-11)21-15(19)16(3,4)6-2;1-4-13(2,3)12(14)15-10-11-8-6-5-7-9-11;1-4-5-6-14-7-8-15-9-10-16-12(13)11(2)3;1-7(2)10(14)16-6-5-15-9(13)4-3-8(11)12;1-5-2-3-6-7(4-5)9(11)12-8(6)10;1-5(2)6(8)9-4-3-7;1-4-6(2,3)5(7)8/h5,11-13,17H,1,6-10H2,2-4H3;5-9H,4,10H2,1-3H3;2,4-10H2,1,3H3;1,3-6H2,2H3,(H,11,12);5-7H,2-4H2,1H3;7H,1,3-4H2,2H3;4H2,1-3H3,(H,7,8). The molecule has 3 fully saturated rings. The Morgan fingerprint density at radius 3 is 1.54 bits per heavy atom. The Morgan fingerprint density at radius 1 is 0.588 bits per heavy atom. The van der Waals surface area contributed by atoms with Crippen molar-refractivity contribution in [2.24, 2.45) is 39.9 Å². The van der Waals surface area contributed by atoms with Crippen molar-refractivity contribution in [1.29, 1.82) is 0 Å². The van der Waals surface area contributed by atoms with Gasteiger partial charge >= 0.3 is 65.7 Å². The number of carboxylic acid groups (broad SMARTS) is 2. The number of aliphatic hydroxyl groups excluding tert-OH is 2. The molecule has 4 rings (SSSR count). The minimum Gasteiger partial charge on any atom is -0.481 e. The molecular weight excluding hydrogens is 1260 g/mol. The van der Waals surface area contributed by atoms with Crippen molar-refractivity contribution in [2.75, 3.05) is 66.1 Å². The van der Waals surface area contributed by atoms with E-state index in [1.54, 1.807) is 27.7 Å². The van der Waals surface area contributed by atoms with Crippen LogP contribution in [0.5, 0.6) is 0 Å². The fraction of sp³-hybridized carbons (Fsp3) is 0.653. The zero-order valence-corrected chi connectivity index (χ0v) is 60.1. The minimum absolute atomic E-state index is 0.0473. The summed E-state index contributed by atoms with van der Waals surface area (Å²) in [4.78, 5) is 120. The lowest BCUT2D eigenvalue weighted by Crippen LogP contribution is -2.41. The Bertz CT molecular complexity index is 2600. The van der Waals surface area contributed by atoms with Crippen molar-refractivity contribution < 1.29 is 121 Å². The summed E-state index contributed by atoms with van der Waals surface area (Å²) in [6.07, 6.45) is 8.38. The molecule has 2 aliphatic carbocycles. The second-order valence-corrected chi connectivity index (χ2v) is 25.1. The van der Waals surface area contributed by atoms with Gasteiger partial charge in [-0.2, -0.15) is 0 Å². The summed E-state index contributed by atoms with van der Waals surface area (Å²) < 4.78 is 49.3. The first kappa shape index (κ1) is 93.6. The molecule has 0 bridgehead atoms. The molecule has 0 aromatic heterocycles. The van der Waals surface area contributed by atoms with Crippen LogP contribution in [0.3, 0.4) is 0 Å². The maximum absolute atomic E-state index is 12.0. The van der Waals surface area contributed by atoms with Crippen LogP contribution in [-0.4, -0.2) is 164 Å². The van der Waals surface area contributed by atoms with E-state index in [4.69, 9.17) is 43.7 Å². The normalized spacial score (nSPS) is 17.4. The third-order valence-corrected chi connectivity index (χ3v) is 15.2. The molecule has 1 aliphatic heterocycles. The average Bonchev–Trinajstić information content (AvgIpc) is 1.72. The van der Waals surface area contributed by atoms with Gasteiger partial charge in [-0.05, 0) is 144 Å². The molecule has 1 aromatic carbocycles. The molecular formula is C72H114O25. The molecule has 4 N–H and O–H groups in total. The average molecular weight is 1380 g/mol. The van der Waals surface area contributed by atoms with Crippen molar-refractivity contribution in [1.82, 2.24) is 0 Å². The van der Waals surface area contributed by atoms with E-state index < -0.39 is 58.9 Å². The SMILES string of the molecule is C=C(C)C(=O)OCCO.C=C(C)C(=O)OCCOC(=O)CCC(=O)O.C=C(C)C(=O)OCCOCCOCCCC.C=CC(=O)OCC1CCC(OC(=O)C(C)(C)CC)C(O)C1.CC1CCC2C(=O)OC(=O)C2C1.CCC(C)(C)C(=O)O.CCC(C)(C)C(=O)OCc1ccccc1. The van der Waals surface area contributed by atoms with Crippen molar-refractivity contribution in [3.05, 3.63) is 85.0 Å². The van der Waals surface area contributed by atoms with Gasteiger partial charge in [-0.25, -0.2) is 19.2 Å². The maximum Gasteiger partial charge on any atom is 0.333 e. The maximum atomic E-state index is 12.0. The Balaban J connectivity index is -0.00000108. The van der Waals surface area contributed by atoms with Crippen LogP contribution in [0.2, 0.25) is 0 Å². The van der Waals surface area contributed by atoms with Gasteiger partial charge in [-0.15, -0.1) is 0 Å². The van der Waals surface area contributed by atoms with Crippen LogP contribution in [-0.2, 0) is 107 Å². The van der Waals surface area contributed by atoms with Crippen LogP contribution in [0.1, 0.15) is 186 Å². The first-order valence-electron chi connectivity index (χ1n) is 32.8. The molecule has 2 saturated carbocycles. The van der Waals surface area contributed by atoms with Crippen molar-refractivity contribution in [3.8, 4) is 0 Å². The monoisotopic (exact) mass is 1380 g/mol. The number of carbonyl (C=O) groups is 11. The number of unbranched alkanes of at least 4 members (excludes halogenated alkanes) is 1. The van der Waals surface area contributed by atoms with Crippen molar-refractivity contribution in [3.63, 3.8) is 0 Å². The van der Waals surface area contributed by atoms with Gasteiger partial charge in [-0.3, -0.25) is 33.6 Å². The van der Waals surface area contributed by atoms with Crippen LogP contribution in [0, 0.1) is 39.9 Å². The summed E-state index contributed by atoms with van der Waals surface area (Å²) in [5.41, 5.74) is 0.589. The quantitative estimate of drug-likeness (QED) is 0.0171. The van der Waals surface area contributed by atoms with Gasteiger partial charge in [0.25, 0.3) is 0 Å². The number of aliphatic carboxylic acids is 2. The van der Waals surface area contributed by atoms with Gasteiger partial charge in [0, 0.05) is 29.4 Å². The molecule has 6 atom stereocenters. The molecule has 25 heteroatoms. The van der Waals surface area contributed by atoms with E-state index in [0.29, 0.717) is 69.2 Å². The van der Waals surface area contributed by atoms with Crippen LogP contribution >= 0.6 is 0 Å². The van der Waals surface area contributed by atoms with Crippen LogP contribution < -0.4 is 0 Å². The molecule has 1 saturated heterocycles. The van der Waals surface area contributed by atoms with E-state index in [1.165, 1.54) is 6.92 Å². The number of fused-ring (bicyclic) bond motifs is 1. The third kappa shape index (κ3) is 45.5. The van der Waals surface area contributed by atoms with Crippen molar-refractivity contribution in [2.45, 2.75) is 199 Å². The number of benzene rings is 1. The predicted molar refractivity (Wildman–Crippen MR) is 360 cm³/mol. The van der Waals surface area contributed by atoms with Crippen molar-refractivity contribution >= 4 is 65.7 Å². The largest absolute Gasteiger partial charge is 0.481 e. The first-order valence-corrected chi connectivity index (χ1v) is 32.8. The lowest BCUT2D eigenvalue weighted by Gasteiger charge is -2.34. The number of aliphatic hydroxyl groups is 2. The second kappa shape index (κ2) is 52.5. The third-order valence-electron chi connectivity index (χ3n) is 15.2. The van der Waals surface area contributed by atoms with E-state index >= 15 is 0 Å². The number of ether oxygens (including phenoxy) is 10. The number of hydrogen-bond acceptors (Lipinski definition) is 23. The Labute approximate surface area is 574 Å². The van der Waals surface area contributed by atoms with Crippen LogP contribution in [0.4, 0.5) is 0 Å². The van der Waals surface area contributed by atoms with E-state index in [0.717, 1.165) is 63.2 Å². The smallest absolute Gasteiger partial charge is 0.333 e. The molecule has 0 spiro atoms. The Morgan fingerprint density at radius 2 is 1.07 bits per heavy atom. The lowest BCUT2D eigenvalue weighted by atomic mass is 9.76. The predicted octanol–water partition coefficient (Wildman–Crippen LogP) is 10.6. The number of cyclic esters (lactones) is 2. The minimum atomic E-state index is -1.06. The van der Waals surface area contributed by atoms with E-state index in [9.17, 15) is 57.8 Å². The molecule has 0 amide bonds. The Kier molecular flexibility index (Phi) is 50.6. The number of carbonyl (C=O) groups excluding carboxylic acids is 9. The highest BCUT2D eigenvalue weighted by Gasteiger charge is 2.46. The molecule has 3 aliphatic rings. The van der Waals surface area contributed by atoms with Gasteiger partial charge in [0.05, 0.1) is 80.1 Å². The molecule has 6 unspecified atom stereocenters. The van der Waals surface area contributed by atoms with Crippen LogP contribution in [0.15, 0.2) is 79.4 Å². The summed E-state index contributed by atoms with van der Waals surface area (Å²) in [7, 11) is 0. The summed E-state index contributed by atoms with van der Waals surface area (Å²) >= 11 is 0. The fourth-order valence-electron chi connectivity index (χ4n) is 7.42. The highest BCUT2D eigenvalue weighted by molar-refractivity contribution is 5.96. The fourth-order valence-corrected chi connectivity index (χ4v) is 7.42. The van der Waals surface area contributed by atoms with E-state index in [1.807, 2.05) is 78.8 Å². The summed E-state index contributed by atoms with van der Waals surface area (Å²) in [6, 6.07) is 9.72. The first-order chi connectivity index (χ1) is 45.3. The number of carboxylic acids is 2. The van der Waals surface area contributed by atoms with E-state index in [-0.39, 0.29) is 111 Å². The number of esters is 9. The second-order valence-electron chi connectivity index (χ2n) is 25.1. The topological polar surface area (TPSA) is 361 Å². The number of hydrogen-bond donors (Lipinski definition) is 4. The lowest BCUT2D eigenvalue weighted by molar-refractivity contribution is -0.170. The highest BCUT2D eigenvalue weighted by Crippen LogP contribution is 2.39. The molecule has 0 radical (unpaired) electrons. The highest BCUT2D eigenvalue weighted by atomic mass is 16.6. The summed E-state index contributed by atoms with van der Waals surface area (Å²) in [6.45, 7) is 42.1. The molecule has 1 heterocycles. The number of rotatable bonds is 32. The molecule has 1 aromatic rings. The van der Waals surface area contributed by atoms with Crippen LogP contribution in [0.25, 0.3) is 0 Å². The van der Waals surface area contributed by atoms with Gasteiger partial charge < -0.3 is 67.8 Å². The van der Waals surface area contributed by atoms with Gasteiger partial charge in [0.2, 0.25) is 0 Å². The van der Waals surface area contributed by atoms with E-state index in [2.05, 4.69) is 59.1 Å². The molecule has 25 nitrogen and oxygen atoms in total. The molecule has 97 heavy (non-hydrogen) atoms. The zero-order valence-electron chi connectivity index (χ0n) is 60.1. The Hall–Kier alpha value is -7.61. The van der Waals surface area contributed by atoms with Gasteiger partial charge in [0.1, 0.15) is 39.1 Å². The zero-order chi connectivity index (χ0) is 74.9. The summed E-state index contributed by atoms with van der Waals surface area (Å²) in [5.74, 6) is -4.83. The summed E-state index contributed by atoms with van der Waals surface area (Å²) in [5, 5.41) is 35.0. The van der Waals surface area contributed by atoms with Gasteiger partial charge in [0.15, 0.2) is 0 Å².